The molecule has 1 aliphatic rings. The highest BCUT2D eigenvalue weighted by molar-refractivity contribution is 5.98. The number of carbonyl (C=O) groups excluding carboxylic acids is 1. The lowest BCUT2D eigenvalue weighted by Gasteiger charge is -2.23. The molecule has 1 aliphatic carbocycles. The summed E-state index contributed by atoms with van der Waals surface area (Å²) < 4.78 is 5.24. The summed E-state index contributed by atoms with van der Waals surface area (Å²) in [6.45, 7) is 3.72. The third-order valence-electron chi connectivity index (χ3n) is 4.66. The zero-order valence-corrected chi connectivity index (χ0v) is 13.4. The first-order valence-electron chi connectivity index (χ1n) is 7.74. The monoisotopic (exact) mass is 320 g/mol. The largest absolute Gasteiger partial charge is 0.373 e. The highest BCUT2D eigenvalue weighted by Gasteiger charge is 2.46. The van der Waals surface area contributed by atoms with E-state index in [1.807, 2.05) is 32.0 Å². The normalized spacial score (nSPS) is 19.5. The van der Waals surface area contributed by atoms with E-state index in [0.29, 0.717) is 16.9 Å². The molecule has 24 heavy (non-hydrogen) atoms. The van der Waals surface area contributed by atoms with Gasteiger partial charge in [-0.3, -0.25) is 9.78 Å². The van der Waals surface area contributed by atoms with Crippen LogP contribution in [0.5, 0.6) is 0 Å². The standard InChI is InChI=1S/C19H16N2O3/c1-11-18(12(2)24-21-11)14-6-5-13-9-17(22)19(23,16(13)8-14)15-4-3-7-20-10-15/h3-8,10,23H,9H2,1-2H3. The van der Waals surface area contributed by atoms with Crippen LogP contribution in [-0.2, 0) is 16.8 Å². The van der Waals surface area contributed by atoms with E-state index in [9.17, 15) is 9.90 Å². The predicted octanol–water partition coefficient (Wildman–Crippen LogP) is 2.71. The van der Waals surface area contributed by atoms with Gasteiger partial charge in [-0.05, 0) is 42.7 Å². The van der Waals surface area contributed by atoms with Gasteiger partial charge in [-0.1, -0.05) is 23.4 Å². The van der Waals surface area contributed by atoms with Gasteiger partial charge in [0.05, 0.1) is 5.69 Å². The topological polar surface area (TPSA) is 76.2 Å². The first-order valence-corrected chi connectivity index (χ1v) is 7.74. The summed E-state index contributed by atoms with van der Waals surface area (Å²) in [6, 6.07) is 9.13. The Hall–Kier alpha value is -2.79. The molecule has 0 fully saturated rings. The molecule has 5 nitrogen and oxygen atoms in total. The number of hydrogen-bond donors (Lipinski definition) is 1. The lowest BCUT2D eigenvalue weighted by Crippen LogP contribution is -2.33. The molecule has 0 aliphatic heterocycles. The minimum absolute atomic E-state index is 0.211. The first kappa shape index (κ1) is 14.8. The maximum Gasteiger partial charge on any atom is 0.178 e. The number of nitrogens with zero attached hydrogens (tertiary/aromatic N) is 2. The molecule has 4 rings (SSSR count). The molecule has 0 bridgehead atoms. The van der Waals surface area contributed by atoms with E-state index in [-0.39, 0.29) is 12.2 Å². The van der Waals surface area contributed by atoms with Crippen molar-refractivity contribution in [2.75, 3.05) is 0 Å². The van der Waals surface area contributed by atoms with Crippen LogP contribution in [0.2, 0.25) is 0 Å². The molecule has 3 aromatic rings. The van der Waals surface area contributed by atoms with E-state index in [1.165, 1.54) is 6.20 Å². The van der Waals surface area contributed by atoms with E-state index >= 15 is 0 Å². The fraction of sp³-hybridized carbons (Fsp3) is 0.211. The molecule has 2 aromatic heterocycles. The van der Waals surface area contributed by atoms with Gasteiger partial charge < -0.3 is 9.63 Å². The zero-order valence-electron chi connectivity index (χ0n) is 13.4. The fourth-order valence-electron chi connectivity index (χ4n) is 3.46. The fourth-order valence-corrected chi connectivity index (χ4v) is 3.46. The van der Waals surface area contributed by atoms with Crippen LogP contribution in [-0.4, -0.2) is 21.0 Å². The van der Waals surface area contributed by atoms with Gasteiger partial charge in [-0.25, -0.2) is 0 Å². The summed E-state index contributed by atoms with van der Waals surface area (Å²) in [7, 11) is 0. The summed E-state index contributed by atoms with van der Waals surface area (Å²) in [4.78, 5) is 16.6. The number of aromatic nitrogens is 2. The highest BCUT2D eigenvalue weighted by Crippen LogP contribution is 2.41. The van der Waals surface area contributed by atoms with Crippen LogP contribution in [0, 0.1) is 13.8 Å². The average molecular weight is 320 g/mol. The molecule has 0 saturated heterocycles. The number of Topliss-reactive ketones (excluding diaryl/α,β-unsaturated/α-hetero) is 1. The molecule has 0 spiro atoms. The minimum Gasteiger partial charge on any atom is -0.373 e. The molecule has 1 atom stereocenters. The van der Waals surface area contributed by atoms with Gasteiger partial charge in [0.2, 0.25) is 0 Å². The van der Waals surface area contributed by atoms with Gasteiger partial charge >= 0.3 is 0 Å². The smallest absolute Gasteiger partial charge is 0.178 e. The molecular formula is C19H16N2O3. The molecule has 1 aromatic carbocycles. The quantitative estimate of drug-likeness (QED) is 0.785. The molecular weight excluding hydrogens is 304 g/mol. The van der Waals surface area contributed by atoms with E-state index < -0.39 is 5.60 Å². The average Bonchev–Trinajstić information content (AvgIpc) is 3.06. The Morgan fingerprint density at radius 3 is 2.75 bits per heavy atom. The molecule has 1 N–H and O–H groups in total. The van der Waals surface area contributed by atoms with E-state index in [0.717, 1.165) is 22.4 Å². The Labute approximate surface area is 139 Å². The minimum atomic E-state index is -1.65. The summed E-state index contributed by atoms with van der Waals surface area (Å²) in [5, 5.41) is 15.2. The maximum atomic E-state index is 12.6. The maximum absolute atomic E-state index is 12.6. The third-order valence-corrected chi connectivity index (χ3v) is 4.66. The van der Waals surface area contributed by atoms with Crippen LogP contribution >= 0.6 is 0 Å². The second-order valence-electron chi connectivity index (χ2n) is 6.12. The van der Waals surface area contributed by atoms with Crippen molar-refractivity contribution in [3.05, 3.63) is 70.9 Å². The van der Waals surface area contributed by atoms with Crippen molar-refractivity contribution < 1.29 is 14.4 Å². The van der Waals surface area contributed by atoms with Crippen molar-refractivity contribution in [2.24, 2.45) is 0 Å². The van der Waals surface area contributed by atoms with Crippen LogP contribution in [0.4, 0.5) is 0 Å². The Kier molecular flexibility index (Phi) is 3.15. The summed E-state index contributed by atoms with van der Waals surface area (Å²) in [5.41, 5.74) is 2.83. The molecule has 120 valence electrons. The number of benzene rings is 1. The lowest BCUT2D eigenvalue weighted by atomic mass is 9.86. The number of carbonyl (C=O) groups is 1. The van der Waals surface area contributed by atoms with E-state index in [2.05, 4.69) is 10.1 Å². The molecule has 0 radical (unpaired) electrons. The van der Waals surface area contributed by atoms with Gasteiger partial charge in [0, 0.05) is 29.9 Å². The number of aryl methyl sites for hydroxylation is 2. The Morgan fingerprint density at radius 1 is 1.25 bits per heavy atom. The van der Waals surface area contributed by atoms with Gasteiger partial charge in [0.1, 0.15) is 5.76 Å². The molecule has 0 amide bonds. The zero-order chi connectivity index (χ0) is 16.9. The van der Waals surface area contributed by atoms with Gasteiger partial charge in [-0.15, -0.1) is 0 Å². The van der Waals surface area contributed by atoms with Crippen LogP contribution < -0.4 is 0 Å². The van der Waals surface area contributed by atoms with Crippen molar-refractivity contribution in [1.82, 2.24) is 10.1 Å². The van der Waals surface area contributed by atoms with Crippen molar-refractivity contribution >= 4 is 5.78 Å². The number of aliphatic hydroxyl groups is 1. The summed E-state index contributed by atoms with van der Waals surface area (Å²) >= 11 is 0. The Balaban J connectivity index is 1.93. The van der Waals surface area contributed by atoms with Crippen molar-refractivity contribution in [3.63, 3.8) is 0 Å². The van der Waals surface area contributed by atoms with Crippen LogP contribution in [0.3, 0.4) is 0 Å². The third kappa shape index (κ3) is 1.95. The summed E-state index contributed by atoms with van der Waals surface area (Å²) in [6.07, 6.45) is 3.37. The van der Waals surface area contributed by atoms with Crippen molar-refractivity contribution in [3.8, 4) is 11.1 Å². The number of pyridine rings is 1. The van der Waals surface area contributed by atoms with Crippen molar-refractivity contribution in [1.29, 1.82) is 0 Å². The number of hydrogen-bond acceptors (Lipinski definition) is 5. The van der Waals surface area contributed by atoms with Crippen molar-refractivity contribution in [2.45, 2.75) is 25.9 Å². The molecule has 0 saturated carbocycles. The molecule has 1 unspecified atom stereocenters. The van der Waals surface area contributed by atoms with Gasteiger partial charge in [0.25, 0.3) is 0 Å². The summed E-state index contributed by atoms with van der Waals surface area (Å²) in [5.74, 6) is 0.475. The van der Waals surface area contributed by atoms with Crippen LogP contribution in [0.15, 0.2) is 47.2 Å². The molecule has 5 heteroatoms. The van der Waals surface area contributed by atoms with E-state index in [1.54, 1.807) is 18.3 Å². The second kappa shape index (κ2) is 5.11. The number of rotatable bonds is 2. The number of ketones is 1. The number of fused-ring (bicyclic) bond motifs is 1. The second-order valence-corrected chi connectivity index (χ2v) is 6.12. The van der Waals surface area contributed by atoms with Crippen LogP contribution in [0.25, 0.3) is 11.1 Å². The predicted molar refractivity (Wildman–Crippen MR) is 87.4 cm³/mol. The van der Waals surface area contributed by atoms with Gasteiger partial charge in [-0.2, -0.15) is 0 Å². The van der Waals surface area contributed by atoms with Crippen LogP contribution in [0.1, 0.15) is 28.1 Å². The van der Waals surface area contributed by atoms with Gasteiger partial charge in [0.15, 0.2) is 11.4 Å². The first-order chi connectivity index (χ1) is 11.5. The Morgan fingerprint density at radius 2 is 2.08 bits per heavy atom. The Bertz CT molecular complexity index is 927. The highest BCUT2D eigenvalue weighted by atomic mass is 16.5. The SMILES string of the molecule is Cc1noc(C)c1-c1ccc2c(c1)C(O)(c1cccnc1)C(=O)C2. The van der Waals surface area contributed by atoms with E-state index in [4.69, 9.17) is 4.52 Å². The lowest BCUT2D eigenvalue weighted by molar-refractivity contribution is -0.131. The molecule has 2 heterocycles.